The van der Waals surface area contributed by atoms with Gasteiger partial charge in [0.1, 0.15) is 23.3 Å². The number of ether oxygens (including phenoxy) is 1. The SMILES string of the molecule is COc1ccccc1NC(=O)CCN1C(=S)N[C@H](c2ccccn2)[C@H]1c1ccc(-c2ccccc2[N+](=O)[O-])o1. The van der Waals surface area contributed by atoms with E-state index in [0.29, 0.717) is 40.2 Å². The summed E-state index contributed by atoms with van der Waals surface area (Å²) in [5.41, 5.74) is 1.65. The van der Waals surface area contributed by atoms with E-state index in [9.17, 15) is 14.9 Å². The molecule has 0 bridgehead atoms. The second-order valence-electron chi connectivity index (χ2n) is 8.79. The number of para-hydroxylation sites is 3. The van der Waals surface area contributed by atoms with Gasteiger partial charge in [-0.2, -0.15) is 0 Å². The minimum atomic E-state index is -0.442. The average Bonchev–Trinajstić information content (AvgIpc) is 3.57. The number of hydrogen-bond acceptors (Lipinski definition) is 7. The molecule has 2 aromatic carbocycles. The van der Waals surface area contributed by atoms with E-state index < -0.39 is 11.0 Å². The molecule has 0 radical (unpaired) electrons. The molecule has 5 rings (SSSR count). The Hall–Kier alpha value is -4.77. The molecule has 2 atom stereocenters. The Morgan fingerprint density at radius 2 is 1.90 bits per heavy atom. The number of anilines is 1. The zero-order chi connectivity index (χ0) is 27.4. The Balaban J connectivity index is 1.42. The molecule has 1 aliphatic rings. The van der Waals surface area contributed by atoms with E-state index in [-0.39, 0.29) is 24.1 Å². The van der Waals surface area contributed by atoms with Crippen LogP contribution in [0.4, 0.5) is 11.4 Å². The molecule has 0 unspecified atom stereocenters. The lowest BCUT2D eigenvalue weighted by Gasteiger charge is -2.26. The predicted octanol–water partition coefficient (Wildman–Crippen LogP) is 5.26. The Morgan fingerprint density at radius 1 is 1.13 bits per heavy atom. The number of amides is 1. The first kappa shape index (κ1) is 25.9. The van der Waals surface area contributed by atoms with Crippen molar-refractivity contribution in [3.8, 4) is 17.1 Å². The van der Waals surface area contributed by atoms with Crippen LogP contribution in [0.1, 0.15) is 30.0 Å². The monoisotopic (exact) mass is 543 g/mol. The fourth-order valence-electron chi connectivity index (χ4n) is 4.64. The van der Waals surface area contributed by atoms with Crippen molar-refractivity contribution in [3.63, 3.8) is 0 Å². The van der Waals surface area contributed by atoms with Crippen molar-refractivity contribution >= 4 is 34.6 Å². The van der Waals surface area contributed by atoms with Gasteiger partial charge >= 0.3 is 0 Å². The van der Waals surface area contributed by atoms with Gasteiger partial charge in [0.15, 0.2) is 5.11 Å². The van der Waals surface area contributed by atoms with Crippen LogP contribution in [-0.2, 0) is 4.79 Å². The van der Waals surface area contributed by atoms with Crippen LogP contribution < -0.4 is 15.4 Å². The molecule has 3 heterocycles. The molecule has 1 aliphatic heterocycles. The number of pyridine rings is 1. The van der Waals surface area contributed by atoms with Crippen molar-refractivity contribution < 1.29 is 18.9 Å². The Labute approximate surface area is 229 Å². The van der Waals surface area contributed by atoms with Gasteiger partial charge in [0.25, 0.3) is 5.69 Å². The second-order valence-corrected chi connectivity index (χ2v) is 9.18. The number of nitro groups is 1. The number of benzene rings is 2. The largest absolute Gasteiger partial charge is 0.495 e. The smallest absolute Gasteiger partial charge is 0.280 e. The standard InChI is InChI=1S/C28H25N5O5S/c1-37-23-12-5-3-9-19(23)30-25(34)15-17-32-27(26(31-28(32)39)20-10-6-7-16-29-20)24-14-13-22(38-24)18-8-2-4-11-21(18)33(35)36/h2-14,16,26-27H,15,17H2,1H3,(H,30,34)(H,31,39)/t26-,27-/m1/s1. The van der Waals surface area contributed by atoms with Crippen molar-refractivity contribution in [2.45, 2.75) is 18.5 Å². The number of rotatable bonds is 9. The third-order valence-corrected chi connectivity index (χ3v) is 6.80. The Morgan fingerprint density at radius 3 is 2.67 bits per heavy atom. The summed E-state index contributed by atoms with van der Waals surface area (Å²) in [7, 11) is 1.54. The second kappa shape index (κ2) is 11.3. The number of carbonyl (C=O) groups is 1. The first-order chi connectivity index (χ1) is 19.0. The summed E-state index contributed by atoms with van der Waals surface area (Å²) in [6.07, 6.45) is 1.84. The molecule has 1 fully saturated rings. The summed E-state index contributed by atoms with van der Waals surface area (Å²) in [4.78, 5) is 30.4. The summed E-state index contributed by atoms with van der Waals surface area (Å²) < 4.78 is 11.5. The molecule has 2 N–H and O–H groups in total. The highest BCUT2D eigenvalue weighted by molar-refractivity contribution is 7.80. The summed E-state index contributed by atoms with van der Waals surface area (Å²) in [6, 6.07) is 21.9. The highest BCUT2D eigenvalue weighted by Crippen LogP contribution is 2.41. The molecule has 10 nitrogen and oxygen atoms in total. The maximum Gasteiger partial charge on any atom is 0.280 e. The summed E-state index contributed by atoms with van der Waals surface area (Å²) in [5.74, 6) is 1.26. The van der Waals surface area contributed by atoms with Crippen LogP contribution in [0.15, 0.2) is 89.5 Å². The highest BCUT2D eigenvalue weighted by Gasteiger charge is 2.41. The number of nitro benzene ring substituents is 1. The molecule has 0 aliphatic carbocycles. The summed E-state index contributed by atoms with van der Waals surface area (Å²) in [5, 5.41) is 18.2. The molecule has 0 saturated carbocycles. The minimum absolute atomic E-state index is 0.0513. The van der Waals surface area contributed by atoms with Crippen molar-refractivity contribution in [3.05, 3.63) is 107 Å². The van der Waals surface area contributed by atoms with Gasteiger partial charge in [0.05, 0.1) is 35.0 Å². The fraction of sp³-hybridized carbons (Fsp3) is 0.179. The van der Waals surface area contributed by atoms with Crippen LogP contribution in [-0.4, -0.2) is 39.5 Å². The number of aromatic nitrogens is 1. The molecule has 2 aromatic heterocycles. The van der Waals surface area contributed by atoms with Crippen LogP contribution in [0, 0.1) is 10.1 Å². The number of hydrogen-bond donors (Lipinski definition) is 2. The lowest BCUT2D eigenvalue weighted by atomic mass is 10.0. The lowest BCUT2D eigenvalue weighted by molar-refractivity contribution is -0.384. The number of thiocarbonyl (C=S) groups is 1. The third kappa shape index (κ3) is 5.43. The van der Waals surface area contributed by atoms with Gasteiger partial charge in [-0.1, -0.05) is 30.3 Å². The molecular formula is C28H25N5O5S. The maximum absolute atomic E-state index is 12.9. The van der Waals surface area contributed by atoms with Crippen LogP contribution in [0.2, 0.25) is 0 Å². The topological polar surface area (TPSA) is 123 Å². The molecule has 198 valence electrons. The average molecular weight is 544 g/mol. The van der Waals surface area contributed by atoms with Gasteiger partial charge in [-0.05, 0) is 54.7 Å². The fourth-order valence-corrected chi connectivity index (χ4v) is 4.97. The zero-order valence-corrected chi connectivity index (χ0v) is 21.8. The van der Waals surface area contributed by atoms with E-state index in [1.807, 2.05) is 35.2 Å². The predicted molar refractivity (Wildman–Crippen MR) is 149 cm³/mol. The van der Waals surface area contributed by atoms with Crippen molar-refractivity contribution in [1.29, 1.82) is 0 Å². The van der Waals surface area contributed by atoms with Crippen LogP contribution >= 0.6 is 12.2 Å². The molecule has 1 saturated heterocycles. The maximum atomic E-state index is 12.9. The first-order valence-electron chi connectivity index (χ1n) is 12.2. The Bertz CT molecular complexity index is 1510. The molecule has 0 spiro atoms. The van der Waals surface area contributed by atoms with Gasteiger partial charge in [-0.15, -0.1) is 0 Å². The van der Waals surface area contributed by atoms with Gasteiger partial charge in [-0.25, -0.2) is 0 Å². The van der Waals surface area contributed by atoms with E-state index in [1.54, 1.807) is 55.8 Å². The van der Waals surface area contributed by atoms with Crippen molar-refractivity contribution in [1.82, 2.24) is 15.2 Å². The first-order valence-corrected chi connectivity index (χ1v) is 12.6. The van der Waals surface area contributed by atoms with Crippen LogP contribution in [0.5, 0.6) is 5.75 Å². The van der Waals surface area contributed by atoms with Crippen LogP contribution in [0.3, 0.4) is 0 Å². The van der Waals surface area contributed by atoms with E-state index in [0.717, 1.165) is 5.69 Å². The third-order valence-electron chi connectivity index (χ3n) is 6.44. The normalized spacial score (nSPS) is 16.5. The van der Waals surface area contributed by atoms with E-state index in [2.05, 4.69) is 15.6 Å². The van der Waals surface area contributed by atoms with Crippen molar-refractivity contribution in [2.24, 2.45) is 0 Å². The summed E-state index contributed by atoms with van der Waals surface area (Å²) >= 11 is 5.68. The number of methoxy groups -OCH3 is 1. The highest BCUT2D eigenvalue weighted by atomic mass is 32.1. The zero-order valence-electron chi connectivity index (χ0n) is 20.9. The molecular weight excluding hydrogens is 518 g/mol. The number of nitrogens with one attached hydrogen (secondary N) is 2. The van der Waals surface area contributed by atoms with E-state index in [1.165, 1.54) is 6.07 Å². The van der Waals surface area contributed by atoms with Gasteiger partial charge in [0, 0.05) is 25.2 Å². The molecule has 4 aromatic rings. The molecule has 39 heavy (non-hydrogen) atoms. The minimum Gasteiger partial charge on any atom is -0.495 e. The lowest BCUT2D eigenvalue weighted by Crippen LogP contribution is -2.32. The van der Waals surface area contributed by atoms with Crippen molar-refractivity contribution in [2.75, 3.05) is 19.0 Å². The Kier molecular flexibility index (Phi) is 7.50. The quantitative estimate of drug-likeness (QED) is 0.165. The van der Waals surface area contributed by atoms with E-state index in [4.69, 9.17) is 21.4 Å². The van der Waals surface area contributed by atoms with Gasteiger partial charge < -0.3 is 24.7 Å². The van der Waals surface area contributed by atoms with Crippen LogP contribution in [0.25, 0.3) is 11.3 Å². The van der Waals surface area contributed by atoms with Gasteiger partial charge in [-0.3, -0.25) is 19.9 Å². The van der Waals surface area contributed by atoms with E-state index >= 15 is 0 Å². The van der Waals surface area contributed by atoms with Gasteiger partial charge in [0.2, 0.25) is 5.91 Å². The number of carbonyl (C=O) groups excluding carboxylic acids is 1. The summed E-state index contributed by atoms with van der Waals surface area (Å²) in [6.45, 7) is 0.294. The number of furan rings is 1. The molecule has 1 amide bonds. The number of nitrogens with zero attached hydrogens (tertiary/aromatic N) is 3. The molecule has 11 heteroatoms.